The monoisotopic (exact) mass is 699 g/mol. The number of hydrogen-bond acceptors (Lipinski definition) is 1. The van der Waals surface area contributed by atoms with Crippen LogP contribution in [0, 0.1) is 17.9 Å². The topological polar surface area (TPSA) is 42.9 Å². The number of nitriles is 1. The van der Waals surface area contributed by atoms with Crippen LogP contribution in [0.1, 0.15) is 5.56 Å². The fraction of sp³-hybridized carbons (Fsp3) is 0. The molecule has 3 heterocycles. The average Bonchev–Trinajstić information content (AvgIpc) is 3.89. The molecule has 0 atom stereocenters. The van der Waals surface area contributed by atoms with E-state index in [9.17, 15) is 5.26 Å². The van der Waals surface area contributed by atoms with Crippen molar-refractivity contribution in [3.8, 4) is 34.3 Å². The van der Waals surface area contributed by atoms with Gasteiger partial charge >= 0.3 is 0 Å². The largest absolute Gasteiger partial charge is 0.319 e. The Labute approximate surface area is 316 Å². The van der Waals surface area contributed by atoms with Gasteiger partial charge in [0.2, 0.25) is 5.69 Å². The van der Waals surface area contributed by atoms with Crippen molar-refractivity contribution in [2.24, 2.45) is 0 Å². The second kappa shape index (κ2) is 11.8. The molecular formula is C50H29N5. The first-order valence-corrected chi connectivity index (χ1v) is 18.3. The highest BCUT2D eigenvalue weighted by Gasteiger charge is 2.23. The van der Waals surface area contributed by atoms with Crippen molar-refractivity contribution < 1.29 is 0 Å². The molecule has 0 spiro atoms. The third-order valence-corrected chi connectivity index (χ3v) is 11.1. The van der Waals surface area contributed by atoms with Crippen molar-refractivity contribution in [3.05, 3.63) is 193 Å². The van der Waals surface area contributed by atoms with Crippen LogP contribution in [0.4, 0.5) is 5.69 Å². The highest BCUT2D eigenvalue weighted by atomic mass is 15.0. The van der Waals surface area contributed by atoms with E-state index in [1.54, 1.807) is 0 Å². The lowest BCUT2D eigenvalue weighted by molar-refractivity contribution is 1.17. The number of benzene rings is 8. The minimum absolute atomic E-state index is 0.568. The smallest absolute Gasteiger partial charge is 0.218 e. The van der Waals surface area contributed by atoms with E-state index in [1.165, 1.54) is 10.8 Å². The van der Waals surface area contributed by atoms with E-state index in [0.29, 0.717) is 11.3 Å². The van der Waals surface area contributed by atoms with Crippen molar-refractivity contribution in [3.63, 3.8) is 0 Å². The van der Waals surface area contributed by atoms with Gasteiger partial charge in [0.15, 0.2) is 0 Å². The molecule has 0 unspecified atom stereocenters. The molecule has 0 aliphatic carbocycles. The molecule has 0 radical (unpaired) electrons. The molecule has 0 saturated carbocycles. The summed E-state index contributed by atoms with van der Waals surface area (Å²) in [5.41, 5.74) is 12.2. The van der Waals surface area contributed by atoms with E-state index in [-0.39, 0.29) is 0 Å². The van der Waals surface area contributed by atoms with Crippen molar-refractivity contribution in [1.82, 2.24) is 13.7 Å². The SMILES string of the molecule is [C-]#[N+]c1c(-c2ccccc2-n2c3ccccc3c3c(C#N)cccc32)cccc1-n1c2ccccc2c2c(-n3c4ccccc4c4ccccc43)cccc21. The summed E-state index contributed by atoms with van der Waals surface area (Å²) in [5.74, 6) is 0. The standard InChI is InChI=1S/C50H29N5/c1-52-50-36(35-18-4-9-24-41(35)54-42-25-10-5-19-37(42)48-32(31-51)15-12-27-44(48)54)21-13-30-47(50)55-43-26-11-6-20-38(43)49-45(28-14-29-46(49)55)53-39-22-7-2-16-33(39)34-17-3-8-23-40(34)53/h2-30H. The molecular weight excluding hydrogens is 671 g/mol. The molecule has 11 aromatic rings. The van der Waals surface area contributed by atoms with Crippen molar-refractivity contribution in [1.29, 1.82) is 5.26 Å². The fourth-order valence-corrected chi connectivity index (χ4v) is 8.94. The molecule has 0 N–H and O–H groups in total. The molecule has 5 nitrogen and oxygen atoms in total. The molecule has 0 fully saturated rings. The van der Waals surface area contributed by atoms with Crippen LogP contribution in [0.5, 0.6) is 0 Å². The second-order valence-corrected chi connectivity index (χ2v) is 13.9. The Bertz CT molecular complexity index is 3420. The van der Waals surface area contributed by atoms with Crippen LogP contribution in [0.25, 0.3) is 98.5 Å². The lowest BCUT2D eigenvalue weighted by atomic mass is 10.00. The van der Waals surface area contributed by atoms with Crippen molar-refractivity contribution in [2.45, 2.75) is 0 Å². The normalized spacial score (nSPS) is 11.6. The van der Waals surface area contributed by atoms with E-state index in [0.717, 1.165) is 82.8 Å². The Balaban J connectivity index is 1.20. The number of fused-ring (bicyclic) bond motifs is 9. The molecule has 0 aliphatic rings. The quantitative estimate of drug-likeness (QED) is 0.169. The molecule has 0 aliphatic heterocycles. The summed E-state index contributed by atoms with van der Waals surface area (Å²) in [7, 11) is 0. The zero-order valence-electron chi connectivity index (χ0n) is 29.5. The second-order valence-electron chi connectivity index (χ2n) is 13.9. The summed E-state index contributed by atoms with van der Waals surface area (Å²) in [5, 5.41) is 16.7. The average molecular weight is 700 g/mol. The number of para-hydroxylation sites is 6. The molecule has 8 aromatic carbocycles. The van der Waals surface area contributed by atoms with Crippen LogP contribution in [-0.2, 0) is 0 Å². The first kappa shape index (κ1) is 30.7. The summed E-state index contributed by atoms with van der Waals surface area (Å²) in [6, 6.07) is 63.3. The van der Waals surface area contributed by atoms with Gasteiger partial charge in [0.1, 0.15) is 0 Å². The van der Waals surface area contributed by atoms with Gasteiger partial charge < -0.3 is 13.7 Å². The summed E-state index contributed by atoms with van der Waals surface area (Å²) < 4.78 is 6.89. The van der Waals surface area contributed by atoms with Gasteiger partial charge in [-0.2, -0.15) is 5.26 Å². The molecule has 3 aromatic heterocycles. The van der Waals surface area contributed by atoms with E-state index < -0.39 is 0 Å². The number of rotatable bonds is 4. The van der Waals surface area contributed by atoms with Gasteiger partial charge in [0.05, 0.1) is 68.4 Å². The Morgan fingerprint density at radius 1 is 0.382 bits per heavy atom. The van der Waals surface area contributed by atoms with Crippen LogP contribution in [0.2, 0.25) is 0 Å². The van der Waals surface area contributed by atoms with E-state index in [2.05, 4.69) is 164 Å². The predicted molar refractivity (Wildman–Crippen MR) is 226 cm³/mol. The fourth-order valence-electron chi connectivity index (χ4n) is 8.94. The van der Waals surface area contributed by atoms with Crippen molar-refractivity contribution in [2.75, 3.05) is 0 Å². The summed E-state index contributed by atoms with van der Waals surface area (Å²) in [6.07, 6.45) is 0. The van der Waals surface area contributed by atoms with Gasteiger partial charge in [-0.15, -0.1) is 0 Å². The number of aromatic nitrogens is 3. The first-order chi connectivity index (χ1) is 27.3. The van der Waals surface area contributed by atoms with Gasteiger partial charge in [-0.05, 0) is 71.8 Å². The molecule has 55 heavy (non-hydrogen) atoms. The molecule has 0 amide bonds. The Kier molecular flexibility index (Phi) is 6.61. The maximum atomic E-state index is 10.1. The highest BCUT2D eigenvalue weighted by molar-refractivity contribution is 6.17. The van der Waals surface area contributed by atoms with Gasteiger partial charge in [-0.25, -0.2) is 4.85 Å². The van der Waals surface area contributed by atoms with Crippen molar-refractivity contribution >= 4 is 71.1 Å². The van der Waals surface area contributed by atoms with Gasteiger partial charge in [0.25, 0.3) is 0 Å². The van der Waals surface area contributed by atoms with Gasteiger partial charge in [0, 0.05) is 32.3 Å². The Morgan fingerprint density at radius 2 is 0.800 bits per heavy atom. The lowest BCUT2D eigenvalue weighted by Crippen LogP contribution is -1.99. The molecule has 0 bridgehead atoms. The maximum Gasteiger partial charge on any atom is 0.218 e. The zero-order valence-corrected chi connectivity index (χ0v) is 29.5. The van der Waals surface area contributed by atoms with Crippen LogP contribution >= 0.6 is 0 Å². The molecule has 11 rings (SSSR count). The molecule has 254 valence electrons. The molecule has 5 heteroatoms. The summed E-state index contributed by atoms with van der Waals surface area (Å²) in [6.45, 7) is 8.76. The van der Waals surface area contributed by atoms with Crippen LogP contribution in [-0.4, -0.2) is 13.7 Å². The van der Waals surface area contributed by atoms with Gasteiger partial charge in [-0.1, -0.05) is 115 Å². The van der Waals surface area contributed by atoms with E-state index in [4.69, 9.17) is 6.57 Å². The van der Waals surface area contributed by atoms with Crippen LogP contribution < -0.4 is 0 Å². The number of nitrogens with zero attached hydrogens (tertiary/aromatic N) is 5. The summed E-state index contributed by atoms with van der Waals surface area (Å²) in [4.78, 5) is 4.32. The minimum Gasteiger partial charge on any atom is -0.319 e. The third kappa shape index (κ3) is 4.27. The van der Waals surface area contributed by atoms with Gasteiger partial charge in [-0.3, -0.25) is 0 Å². The van der Waals surface area contributed by atoms with E-state index in [1.807, 2.05) is 36.4 Å². The van der Waals surface area contributed by atoms with Crippen LogP contribution in [0.3, 0.4) is 0 Å². The van der Waals surface area contributed by atoms with E-state index >= 15 is 0 Å². The third-order valence-electron chi connectivity index (χ3n) is 11.1. The lowest BCUT2D eigenvalue weighted by Gasteiger charge is -2.18. The first-order valence-electron chi connectivity index (χ1n) is 18.3. The Morgan fingerprint density at radius 3 is 1.45 bits per heavy atom. The molecule has 0 saturated heterocycles. The summed E-state index contributed by atoms with van der Waals surface area (Å²) >= 11 is 0. The number of hydrogen-bond donors (Lipinski definition) is 0. The zero-order chi connectivity index (χ0) is 36.6. The van der Waals surface area contributed by atoms with Crippen LogP contribution in [0.15, 0.2) is 176 Å². The predicted octanol–water partition coefficient (Wildman–Crippen LogP) is 13.1. The highest BCUT2D eigenvalue weighted by Crippen LogP contribution is 2.45. The Hall–Kier alpha value is -7.86. The minimum atomic E-state index is 0.568. The maximum absolute atomic E-state index is 10.1.